The fourth-order valence-electron chi connectivity index (χ4n) is 3.05. The normalized spacial score (nSPS) is 22.8. The summed E-state index contributed by atoms with van der Waals surface area (Å²) in [5.74, 6) is -0.284. The van der Waals surface area contributed by atoms with Crippen molar-refractivity contribution in [3.05, 3.63) is 42.3 Å². The van der Waals surface area contributed by atoms with Crippen molar-refractivity contribution >= 4 is 11.9 Å². The number of carbonyl (C=O) groups is 2. The molecule has 1 N–H and O–H groups in total. The Kier molecular flexibility index (Phi) is 5.32. The summed E-state index contributed by atoms with van der Waals surface area (Å²) in [4.78, 5) is 37.1. The van der Waals surface area contributed by atoms with Gasteiger partial charge in [0.25, 0.3) is 5.91 Å². The van der Waals surface area contributed by atoms with Crippen LogP contribution in [0.2, 0.25) is 0 Å². The monoisotopic (exact) mass is 332 g/mol. The summed E-state index contributed by atoms with van der Waals surface area (Å²) in [6.45, 7) is 3.01. The number of carbonyl (C=O) groups excluding carboxylic acids is 2. The fraction of sp³-hybridized carbons (Fsp3) is 0.471. The number of piperidine rings is 1. The first kappa shape index (κ1) is 16.7. The summed E-state index contributed by atoms with van der Waals surface area (Å²) >= 11 is 0. The summed E-state index contributed by atoms with van der Waals surface area (Å²) in [5, 5.41) is 1.42. The average molecular weight is 332 g/mol. The Morgan fingerprint density at radius 3 is 2.88 bits per heavy atom. The smallest absolute Gasteiger partial charge is 0.309 e. The van der Waals surface area contributed by atoms with Crippen molar-refractivity contribution in [2.24, 2.45) is 0 Å². The largest absolute Gasteiger partial charge is 0.345 e. The molecule has 0 spiro atoms. The topological polar surface area (TPSA) is 71.1 Å². The van der Waals surface area contributed by atoms with E-state index in [2.05, 4.69) is 5.48 Å². The highest BCUT2D eigenvalue weighted by Gasteiger charge is 2.47. The second-order valence-electron chi connectivity index (χ2n) is 5.95. The van der Waals surface area contributed by atoms with Crippen LogP contribution >= 0.6 is 0 Å². The molecule has 0 unspecified atom stereocenters. The highest BCUT2D eigenvalue weighted by molar-refractivity contribution is 5.88. The zero-order valence-electron chi connectivity index (χ0n) is 13.7. The van der Waals surface area contributed by atoms with E-state index < -0.39 is 6.04 Å². The van der Waals surface area contributed by atoms with Crippen molar-refractivity contribution in [1.29, 1.82) is 0 Å². The molecule has 2 heterocycles. The van der Waals surface area contributed by atoms with Crippen LogP contribution in [0.1, 0.15) is 25.3 Å². The van der Waals surface area contributed by atoms with Crippen LogP contribution in [-0.2, 0) is 21.1 Å². The molecule has 1 aromatic carbocycles. The first-order valence-electron chi connectivity index (χ1n) is 8.17. The maximum absolute atomic E-state index is 12.6. The van der Waals surface area contributed by atoms with Crippen molar-refractivity contribution < 1.29 is 19.3 Å². The van der Waals surface area contributed by atoms with Gasteiger partial charge in [0.2, 0.25) is 0 Å². The lowest BCUT2D eigenvalue weighted by molar-refractivity contribution is -0.141. The minimum Gasteiger partial charge on any atom is -0.309 e. The molecule has 7 nitrogen and oxygen atoms in total. The van der Waals surface area contributed by atoms with Gasteiger partial charge in [0, 0.05) is 6.54 Å². The maximum atomic E-state index is 12.6. The number of nitrogens with one attached hydrogen (secondary N) is 1. The van der Waals surface area contributed by atoms with E-state index in [0.29, 0.717) is 26.2 Å². The summed E-state index contributed by atoms with van der Waals surface area (Å²) in [7, 11) is 0. The molecule has 1 aromatic rings. The predicted molar refractivity (Wildman–Crippen MR) is 86.1 cm³/mol. The minimum absolute atomic E-state index is 0.00449. The average Bonchev–Trinajstić information content (AvgIpc) is 2.85. The van der Waals surface area contributed by atoms with Gasteiger partial charge in [0.15, 0.2) is 0 Å². The van der Waals surface area contributed by atoms with Crippen LogP contribution in [0.15, 0.2) is 30.3 Å². The van der Waals surface area contributed by atoms with Crippen LogP contribution in [0.3, 0.4) is 0 Å². The van der Waals surface area contributed by atoms with Crippen LogP contribution in [0.5, 0.6) is 0 Å². The minimum atomic E-state index is -0.504. The number of fused-ring (bicyclic) bond motifs is 2. The van der Waals surface area contributed by atoms with Crippen LogP contribution in [-0.4, -0.2) is 47.1 Å². The summed E-state index contributed by atoms with van der Waals surface area (Å²) < 4.78 is 0. The molecule has 0 saturated carbocycles. The predicted octanol–water partition coefficient (Wildman–Crippen LogP) is 1.66. The Hall–Kier alpha value is -2.12. The third-order valence-electron chi connectivity index (χ3n) is 4.26. The molecular weight excluding hydrogens is 310 g/mol. The summed E-state index contributed by atoms with van der Waals surface area (Å²) in [6, 6.07) is 8.93. The lowest BCUT2D eigenvalue weighted by atomic mass is 10.0. The molecule has 3 amide bonds. The molecule has 2 bridgehead atoms. The van der Waals surface area contributed by atoms with E-state index in [1.165, 1.54) is 5.06 Å². The highest BCUT2D eigenvalue weighted by Crippen LogP contribution is 2.30. The molecule has 1 radical (unpaired) electrons. The first-order chi connectivity index (χ1) is 11.7. The number of hydrogen-bond acceptors (Lipinski definition) is 4. The lowest BCUT2D eigenvalue weighted by Gasteiger charge is -2.28. The van der Waals surface area contributed by atoms with E-state index in [1.54, 1.807) is 11.3 Å². The zero-order valence-corrected chi connectivity index (χ0v) is 13.7. The van der Waals surface area contributed by atoms with Gasteiger partial charge in [0.1, 0.15) is 12.6 Å². The molecule has 24 heavy (non-hydrogen) atoms. The van der Waals surface area contributed by atoms with Gasteiger partial charge in [-0.25, -0.2) is 10.3 Å². The van der Waals surface area contributed by atoms with Gasteiger partial charge in [0.05, 0.1) is 12.6 Å². The quantitative estimate of drug-likeness (QED) is 0.609. The lowest BCUT2D eigenvalue weighted by Crippen LogP contribution is -2.49. The van der Waals surface area contributed by atoms with Crippen molar-refractivity contribution in [2.45, 2.75) is 38.5 Å². The molecular formula is C17H22N3O4. The molecule has 2 atom stereocenters. The molecule has 3 rings (SSSR count). The molecule has 0 aromatic heterocycles. The Morgan fingerprint density at radius 2 is 2.12 bits per heavy atom. The second-order valence-corrected chi connectivity index (χ2v) is 5.95. The van der Waals surface area contributed by atoms with Crippen LogP contribution in [0.4, 0.5) is 4.79 Å². The SMILES string of the molecule is C[CH]CONC(=O)[C@@H]1CC[C@@H]2CN1C(=O)N2OCc1ccccc1. The number of rotatable bonds is 7. The van der Waals surface area contributed by atoms with E-state index in [1.807, 2.05) is 37.3 Å². The third kappa shape index (κ3) is 3.52. The number of hydrogen-bond donors (Lipinski definition) is 1. The Balaban J connectivity index is 1.57. The van der Waals surface area contributed by atoms with E-state index >= 15 is 0 Å². The number of nitrogens with zero attached hydrogens (tertiary/aromatic N) is 2. The zero-order chi connectivity index (χ0) is 16.9. The first-order valence-corrected chi connectivity index (χ1v) is 8.17. The van der Waals surface area contributed by atoms with Crippen LogP contribution < -0.4 is 5.48 Å². The number of amides is 3. The van der Waals surface area contributed by atoms with E-state index in [9.17, 15) is 9.59 Å². The molecule has 2 fully saturated rings. The Labute approximate surface area is 141 Å². The van der Waals surface area contributed by atoms with Crippen molar-refractivity contribution in [3.8, 4) is 0 Å². The van der Waals surface area contributed by atoms with Gasteiger partial charge in [-0.1, -0.05) is 37.3 Å². The van der Waals surface area contributed by atoms with E-state index in [-0.39, 0.29) is 18.0 Å². The maximum Gasteiger partial charge on any atom is 0.345 e. The van der Waals surface area contributed by atoms with E-state index in [0.717, 1.165) is 12.0 Å². The summed E-state index contributed by atoms with van der Waals surface area (Å²) in [5.41, 5.74) is 3.41. The van der Waals surface area contributed by atoms with Gasteiger partial charge >= 0.3 is 6.03 Å². The van der Waals surface area contributed by atoms with Crippen molar-refractivity contribution in [3.63, 3.8) is 0 Å². The van der Waals surface area contributed by atoms with E-state index in [4.69, 9.17) is 9.68 Å². The second kappa shape index (κ2) is 7.63. The highest BCUT2D eigenvalue weighted by atomic mass is 16.7. The molecule has 0 aliphatic carbocycles. The fourth-order valence-corrected chi connectivity index (χ4v) is 3.05. The molecule has 2 aliphatic heterocycles. The van der Waals surface area contributed by atoms with Crippen molar-refractivity contribution in [2.75, 3.05) is 13.2 Å². The number of urea groups is 1. The molecule has 7 heteroatoms. The van der Waals surface area contributed by atoms with Gasteiger partial charge in [-0.15, -0.1) is 0 Å². The molecule has 2 saturated heterocycles. The standard InChI is InChI=1S/C17H22N3O4/c1-2-10-23-18-16(21)15-9-8-14-11-19(15)17(22)20(14)24-12-13-6-4-3-5-7-13/h2-7,14-15H,8-12H2,1H3,(H,18,21)/t14-,15+/m1/s1. The Bertz CT molecular complexity index is 580. The van der Waals surface area contributed by atoms with Gasteiger partial charge < -0.3 is 4.90 Å². The van der Waals surface area contributed by atoms with Gasteiger partial charge in [-0.3, -0.25) is 14.5 Å². The van der Waals surface area contributed by atoms with Crippen molar-refractivity contribution in [1.82, 2.24) is 15.4 Å². The number of benzene rings is 1. The Morgan fingerprint density at radius 1 is 1.33 bits per heavy atom. The summed E-state index contributed by atoms with van der Waals surface area (Å²) in [6.07, 6.45) is 3.12. The van der Waals surface area contributed by atoms with Crippen LogP contribution in [0.25, 0.3) is 0 Å². The van der Waals surface area contributed by atoms with Gasteiger partial charge in [-0.05, 0) is 24.8 Å². The molecule has 2 aliphatic rings. The number of hydroxylamine groups is 3. The third-order valence-corrected chi connectivity index (χ3v) is 4.26. The molecule has 129 valence electrons. The van der Waals surface area contributed by atoms with Crippen LogP contribution in [0, 0.1) is 6.42 Å². The van der Waals surface area contributed by atoms with Gasteiger partial charge in [-0.2, -0.15) is 5.06 Å².